The van der Waals surface area contributed by atoms with Crippen LogP contribution in [0.1, 0.15) is 20.8 Å². The van der Waals surface area contributed by atoms with E-state index < -0.39 is 11.4 Å². The zero-order valence-electron chi connectivity index (χ0n) is 11.0. The Balaban J connectivity index is 1.91. The molecule has 2 bridgehead atoms. The van der Waals surface area contributed by atoms with Crippen molar-refractivity contribution in [2.75, 3.05) is 19.6 Å². The standard InChI is InChI=1S/C12H20N2O4/c1-7(15)14-4-8-9-10(18-11(2,3)17-9)12(5-13,6-14)16-8/h8-10H,4-6,13H2,1-3H3/t8-,9-,10-,12+/m1/s1. The minimum absolute atomic E-state index is 0.0420. The van der Waals surface area contributed by atoms with Gasteiger partial charge in [0.1, 0.15) is 23.9 Å². The van der Waals surface area contributed by atoms with Crippen molar-refractivity contribution in [3.05, 3.63) is 0 Å². The number of hydrogen-bond donors (Lipinski definition) is 1. The fourth-order valence-corrected chi connectivity index (χ4v) is 3.25. The minimum atomic E-state index is -0.618. The molecular formula is C12H20N2O4. The number of carbonyl (C=O) groups is 1. The first-order valence-corrected chi connectivity index (χ1v) is 6.36. The molecule has 6 nitrogen and oxygen atoms in total. The summed E-state index contributed by atoms with van der Waals surface area (Å²) >= 11 is 0. The van der Waals surface area contributed by atoms with E-state index in [9.17, 15) is 4.79 Å². The molecule has 102 valence electrons. The molecule has 0 saturated carbocycles. The Morgan fingerprint density at radius 1 is 1.39 bits per heavy atom. The minimum Gasteiger partial charge on any atom is -0.361 e. The molecule has 3 fully saturated rings. The monoisotopic (exact) mass is 256 g/mol. The molecule has 2 N–H and O–H groups in total. The Hall–Kier alpha value is -0.690. The number of likely N-dealkylation sites (tertiary alicyclic amines) is 1. The lowest BCUT2D eigenvalue weighted by Gasteiger charge is -2.41. The van der Waals surface area contributed by atoms with Gasteiger partial charge in [-0.25, -0.2) is 0 Å². The van der Waals surface area contributed by atoms with Gasteiger partial charge >= 0.3 is 0 Å². The molecule has 3 rings (SSSR count). The lowest BCUT2D eigenvalue weighted by Crippen LogP contribution is -2.60. The third-order valence-electron chi connectivity index (χ3n) is 4.05. The summed E-state index contributed by atoms with van der Waals surface area (Å²) in [5.41, 5.74) is 5.27. The van der Waals surface area contributed by atoms with E-state index in [1.807, 2.05) is 13.8 Å². The van der Waals surface area contributed by atoms with Crippen LogP contribution in [0.15, 0.2) is 0 Å². The van der Waals surface area contributed by atoms with Gasteiger partial charge in [0.15, 0.2) is 5.79 Å². The summed E-state index contributed by atoms with van der Waals surface area (Å²) in [7, 11) is 0. The quantitative estimate of drug-likeness (QED) is 0.682. The van der Waals surface area contributed by atoms with Crippen LogP contribution in [0.2, 0.25) is 0 Å². The van der Waals surface area contributed by atoms with Gasteiger partial charge in [-0.2, -0.15) is 0 Å². The molecule has 18 heavy (non-hydrogen) atoms. The summed E-state index contributed by atoms with van der Waals surface area (Å²) in [5, 5.41) is 0. The van der Waals surface area contributed by atoms with Crippen LogP contribution in [0.25, 0.3) is 0 Å². The number of nitrogens with zero attached hydrogens (tertiary/aromatic N) is 1. The summed E-state index contributed by atoms with van der Waals surface area (Å²) < 4.78 is 17.9. The molecule has 6 heteroatoms. The predicted octanol–water partition coefficient (Wildman–Crippen LogP) is -0.535. The van der Waals surface area contributed by atoms with Crippen molar-refractivity contribution in [1.29, 1.82) is 0 Å². The van der Waals surface area contributed by atoms with E-state index in [4.69, 9.17) is 19.9 Å². The molecule has 0 unspecified atom stereocenters. The van der Waals surface area contributed by atoms with Crippen molar-refractivity contribution in [2.24, 2.45) is 5.73 Å². The first-order chi connectivity index (χ1) is 8.37. The molecule has 1 amide bonds. The smallest absolute Gasteiger partial charge is 0.219 e. The van der Waals surface area contributed by atoms with Crippen LogP contribution >= 0.6 is 0 Å². The van der Waals surface area contributed by atoms with Crippen molar-refractivity contribution in [1.82, 2.24) is 4.90 Å². The Kier molecular flexibility index (Phi) is 2.51. The number of nitrogens with two attached hydrogens (primary N) is 1. The normalized spacial score (nSPS) is 45.1. The van der Waals surface area contributed by atoms with Gasteiger partial charge < -0.3 is 24.8 Å². The van der Waals surface area contributed by atoms with Gasteiger partial charge in [-0.3, -0.25) is 4.79 Å². The van der Waals surface area contributed by atoms with Gasteiger partial charge in [0.05, 0.1) is 6.54 Å². The summed E-state index contributed by atoms with van der Waals surface area (Å²) in [6.07, 6.45) is -0.460. The fraction of sp³-hybridized carbons (Fsp3) is 0.917. The zero-order chi connectivity index (χ0) is 13.1. The first kappa shape index (κ1) is 12.3. The maximum atomic E-state index is 11.6. The van der Waals surface area contributed by atoms with Crippen LogP contribution < -0.4 is 5.73 Å². The van der Waals surface area contributed by atoms with E-state index in [1.165, 1.54) is 0 Å². The maximum Gasteiger partial charge on any atom is 0.219 e. The molecule has 3 aliphatic rings. The Morgan fingerprint density at radius 2 is 2.11 bits per heavy atom. The van der Waals surface area contributed by atoms with Gasteiger partial charge in [0.25, 0.3) is 0 Å². The maximum absolute atomic E-state index is 11.6. The number of rotatable bonds is 1. The highest BCUT2D eigenvalue weighted by atomic mass is 16.8. The van der Waals surface area contributed by atoms with E-state index in [1.54, 1.807) is 11.8 Å². The second kappa shape index (κ2) is 3.66. The third kappa shape index (κ3) is 1.60. The van der Waals surface area contributed by atoms with Crippen LogP contribution in [0.5, 0.6) is 0 Å². The molecule has 3 aliphatic heterocycles. The topological polar surface area (TPSA) is 74.0 Å². The number of ether oxygens (including phenoxy) is 3. The molecule has 0 aromatic rings. The highest BCUT2D eigenvalue weighted by Crippen LogP contribution is 2.46. The second-order valence-electron chi connectivity index (χ2n) is 5.85. The number of hydrogen-bond acceptors (Lipinski definition) is 5. The molecular weight excluding hydrogens is 236 g/mol. The lowest BCUT2D eigenvalue weighted by molar-refractivity contribution is -0.224. The third-order valence-corrected chi connectivity index (χ3v) is 4.05. The first-order valence-electron chi connectivity index (χ1n) is 6.36. The van der Waals surface area contributed by atoms with Gasteiger partial charge in [-0.05, 0) is 13.8 Å². The van der Waals surface area contributed by atoms with Crippen LogP contribution in [0.4, 0.5) is 0 Å². The van der Waals surface area contributed by atoms with Gasteiger partial charge in [0.2, 0.25) is 5.91 Å². The SMILES string of the molecule is CC(=O)N1C[C@H]2O[C@@](CN)(C1)[C@@H]1OC(C)(C)O[C@@H]12. The molecule has 0 aromatic carbocycles. The number of morpholine rings is 1. The summed E-state index contributed by atoms with van der Waals surface area (Å²) in [5.74, 6) is -0.559. The Bertz CT molecular complexity index is 386. The van der Waals surface area contributed by atoms with E-state index >= 15 is 0 Å². The number of carbonyl (C=O) groups excluding carboxylic acids is 1. The Labute approximate surface area is 106 Å². The molecule has 0 radical (unpaired) electrons. The number of fused-ring (bicyclic) bond motifs is 5. The van der Waals surface area contributed by atoms with Crippen molar-refractivity contribution >= 4 is 5.91 Å². The molecule has 0 aliphatic carbocycles. The summed E-state index contributed by atoms with van der Waals surface area (Å²) in [6.45, 7) is 6.72. The van der Waals surface area contributed by atoms with Crippen molar-refractivity contribution in [3.8, 4) is 0 Å². The lowest BCUT2D eigenvalue weighted by atomic mass is 9.95. The summed E-state index contributed by atoms with van der Waals surface area (Å²) in [4.78, 5) is 13.3. The van der Waals surface area contributed by atoms with Crippen molar-refractivity contribution < 1.29 is 19.0 Å². The Morgan fingerprint density at radius 3 is 2.72 bits per heavy atom. The number of amides is 1. The molecule has 3 heterocycles. The van der Waals surface area contributed by atoms with Gasteiger partial charge in [-0.15, -0.1) is 0 Å². The van der Waals surface area contributed by atoms with Crippen molar-refractivity contribution in [2.45, 2.75) is 50.5 Å². The molecule has 0 spiro atoms. The van der Waals surface area contributed by atoms with E-state index in [0.717, 1.165) is 0 Å². The summed E-state index contributed by atoms with van der Waals surface area (Å²) in [6, 6.07) is 0. The highest BCUT2D eigenvalue weighted by molar-refractivity contribution is 5.73. The average Bonchev–Trinajstić information content (AvgIpc) is 2.73. The molecule has 4 atom stereocenters. The van der Waals surface area contributed by atoms with Gasteiger partial charge in [0, 0.05) is 20.0 Å². The van der Waals surface area contributed by atoms with Crippen LogP contribution in [0, 0.1) is 0 Å². The highest BCUT2D eigenvalue weighted by Gasteiger charge is 2.65. The van der Waals surface area contributed by atoms with Gasteiger partial charge in [-0.1, -0.05) is 0 Å². The predicted molar refractivity (Wildman–Crippen MR) is 62.7 cm³/mol. The molecule has 3 saturated heterocycles. The molecule has 0 aromatic heterocycles. The second-order valence-corrected chi connectivity index (χ2v) is 5.85. The van der Waals surface area contributed by atoms with Crippen LogP contribution in [-0.4, -0.2) is 60.1 Å². The van der Waals surface area contributed by atoms with E-state index in [-0.39, 0.29) is 24.2 Å². The van der Waals surface area contributed by atoms with E-state index in [0.29, 0.717) is 19.6 Å². The van der Waals surface area contributed by atoms with Crippen molar-refractivity contribution in [3.63, 3.8) is 0 Å². The van der Waals surface area contributed by atoms with Crippen LogP contribution in [0.3, 0.4) is 0 Å². The van der Waals surface area contributed by atoms with E-state index in [2.05, 4.69) is 0 Å². The zero-order valence-corrected chi connectivity index (χ0v) is 11.0. The fourth-order valence-electron chi connectivity index (χ4n) is 3.25. The van der Waals surface area contributed by atoms with Crippen LogP contribution in [-0.2, 0) is 19.0 Å². The average molecular weight is 256 g/mol. The largest absolute Gasteiger partial charge is 0.361 e.